The minimum atomic E-state index is -0.677. The molecule has 1 unspecified atom stereocenters. The molecule has 2 heterocycles. The van der Waals surface area contributed by atoms with Crippen LogP contribution in [0.15, 0.2) is 54.9 Å². The van der Waals surface area contributed by atoms with Crippen molar-refractivity contribution in [2.24, 2.45) is 0 Å². The molecule has 1 aliphatic heterocycles. The molecule has 2 aromatic carbocycles. The van der Waals surface area contributed by atoms with Gasteiger partial charge in [0.25, 0.3) is 0 Å². The largest absolute Gasteiger partial charge is 0.497 e. The number of aromatic nitrogens is 2. The standard InChI is InChI=1S/C27H30N4O6/c1-27(2,3)37-26(34)31-16-17(15-28-31)21-10-9-19(14-22(21)25(33)36-5)30-12-11-23(24(30)32)29-18-7-6-8-20(13-18)35-4/h6-10,13-16,23,29H,11-12H2,1-5H3. The zero-order valence-corrected chi connectivity index (χ0v) is 21.5. The molecule has 1 fully saturated rings. The molecule has 10 heteroatoms. The first-order valence-electron chi connectivity index (χ1n) is 11.8. The molecule has 1 saturated heterocycles. The van der Waals surface area contributed by atoms with Crippen LogP contribution in [0.2, 0.25) is 0 Å². The summed E-state index contributed by atoms with van der Waals surface area (Å²) in [5.41, 5.74) is 1.98. The SMILES string of the molecule is COC(=O)c1cc(N2CCC(Nc3cccc(OC)c3)C2=O)ccc1-c1cnn(C(=O)OC(C)(C)C)c1. The number of hydrogen-bond donors (Lipinski definition) is 1. The van der Waals surface area contributed by atoms with Crippen molar-refractivity contribution in [1.29, 1.82) is 0 Å². The van der Waals surface area contributed by atoms with Gasteiger partial charge in [0.05, 0.1) is 26.0 Å². The van der Waals surface area contributed by atoms with Gasteiger partial charge in [-0.05, 0) is 57.0 Å². The van der Waals surface area contributed by atoms with E-state index in [1.807, 2.05) is 24.3 Å². The van der Waals surface area contributed by atoms with Gasteiger partial charge in [0.1, 0.15) is 17.4 Å². The monoisotopic (exact) mass is 506 g/mol. The summed E-state index contributed by atoms with van der Waals surface area (Å²) in [4.78, 5) is 39.9. The summed E-state index contributed by atoms with van der Waals surface area (Å²) in [6, 6.07) is 12.1. The van der Waals surface area contributed by atoms with Gasteiger partial charge in [0.2, 0.25) is 5.91 Å². The van der Waals surface area contributed by atoms with Crippen molar-refractivity contribution in [3.8, 4) is 16.9 Å². The molecule has 4 rings (SSSR count). The quantitative estimate of drug-likeness (QED) is 0.491. The fourth-order valence-corrected chi connectivity index (χ4v) is 4.09. The second kappa shape index (κ2) is 10.3. The third kappa shape index (κ3) is 5.74. The lowest BCUT2D eigenvalue weighted by Gasteiger charge is -2.19. The van der Waals surface area contributed by atoms with Crippen molar-refractivity contribution in [3.63, 3.8) is 0 Å². The van der Waals surface area contributed by atoms with E-state index in [-0.39, 0.29) is 11.5 Å². The highest BCUT2D eigenvalue weighted by atomic mass is 16.6. The van der Waals surface area contributed by atoms with Crippen molar-refractivity contribution in [3.05, 3.63) is 60.4 Å². The molecule has 0 saturated carbocycles. The van der Waals surface area contributed by atoms with Gasteiger partial charge in [0, 0.05) is 35.7 Å². The number of carbonyl (C=O) groups excluding carboxylic acids is 3. The highest BCUT2D eigenvalue weighted by molar-refractivity contribution is 6.04. The van der Waals surface area contributed by atoms with Crippen LogP contribution in [0, 0.1) is 0 Å². The number of benzene rings is 2. The number of anilines is 2. The van der Waals surface area contributed by atoms with Crippen molar-refractivity contribution in [2.75, 3.05) is 31.0 Å². The molecule has 1 aromatic heterocycles. The van der Waals surface area contributed by atoms with E-state index in [4.69, 9.17) is 14.2 Å². The Morgan fingerprint density at radius 3 is 2.59 bits per heavy atom. The number of rotatable bonds is 6. The van der Waals surface area contributed by atoms with Gasteiger partial charge in [-0.25, -0.2) is 9.59 Å². The molecule has 37 heavy (non-hydrogen) atoms. The van der Waals surface area contributed by atoms with E-state index in [2.05, 4.69) is 10.4 Å². The molecule has 1 aliphatic rings. The van der Waals surface area contributed by atoms with Gasteiger partial charge in [0.15, 0.2) is 0 Å². The molecular weight excluding hydrogens is 476 g/mol. The molecule has 0 spiro atoms. The smallest absolute Gasteiger partial charge is 0.435 e. The fourth-order valence-electron chi connectivity index (χ4n) is 4.09. The van der Waals surface area contributed by atoms with E-state index in [9.17, 15) is 14.4 Å². The van der Waals surface area contributed by atoms with Crippen LogP contribution >= 0.6 is 0 Å². The van der Waals surface area contributed by atoms with Gasteiger partial charge in [-0.1, -0.05) is 12.1 Å². The Hall–Kier alpha value is -4.34. The molecule has 10 nitrogen and oxygen atoms in total. The molecule has 1 atom stereocenters. The predicted octanol–water partition coefficient (Wildman–Crippen LogP) is 4.35. The number of methoxy groups -OCH3 is 2. The first-order valence-corrected chi connectivity index (χ1v) is 11.8. The Morgan fingerprint density at radius 1 is 1.11 bits per heavy atom. The van der Waals surface area contributed by atoms with E-state index in [1.54, 1.807) is 51.0 Å². The van der Waals surface area contributed by atoms with E-state index in [0.29, 0.717) is 35.5 Å². The second-order valence-electron chi connectivity index (χ2n) is 9.58. The van der Waals surface area contributed by atoms with Crippen LogP contribution in [0.25, 0.3) is 11.1 Å². The van der Waals surface area contributed by atoms with E-state index in [0.717, 1.165) is 10.4 Å². The minimum absolute atomic E-state index is 0.107. The van der Waals surface area contributed by atoms with Crippen molar-refractivity contribution >= 4 is 29.3 Å². The van der Waals surface area contributed by atoms with Crippen LogP contribution in [-0.2, 0) is 14.3 Å². The summed E-state index contributed by atoms with van der Waals surface area (Å²) in [6.07, 6.45) is 2.92. The summed E-state index contributed by atoms with van der Waals surface area (Å²) >= 11 is 0. The summed E-state index contributed by atoms with van der Waals surface area (Å²) in [7, 11) is 2.88. The Kier molecular flexibility index (Phi) is 7.19. The van der Waals surface area contributed by atoms with Gasteiger partial charge in [-0.15, -0.1) is 0 Å². The molecule has 1 amide bonds. The minimum Gasteiger partial charge on any atom is -0.497 e. The Morgan fingerprint density at radius 2 is 1.89 bits per heavy atom. The van der Waals surface area contributed by atoms with Crippen LogP contribution in [0.3, 0.4) is 0 Å². The molecule has 194 valence electrons. The van der Waals surface area contributed by atoms with Gasteiger partial charge >= 0.3 is 12.1 Å². The van der Waals surface area contributed by atoms with Crippen molar-refractivity contribution in [1.82, 2.24) is 9.78 Å². The maximum Gasteiger partial charge on any atom is 0.435 e. The average Bonchev–Trinajstić information content (AvgIpc) is 3.50. The zero-order chi connectivity index (χ0) is 26.7. The van der Waals surface area contributed by atoms with Gasteiger partial charge < -0.3 is 24.4 Å². The van der Waals surface area contributed by atoms with E-state index >= 15 is 0 Å². The average molecular weight is 507 g/mol. The maximum atomic E-state index is 13.2. The lowest BCUT2D eigenvalue weighted by molar-refractivity contribution is -0.117. The topological polar surface area (TPSA) is 112 Å². The molecule has 0 bridgehead atoms. The summed E-state index contributed by atoms with van der Waals surface area (Å²) in [5.74, 6) is 0.0179. The fraction of sp³-hybridized carbons (Fsp3) is 0.333. The summed E-state index contributed by atoms with van der Waals surface area (Å²) < 4.78 is 16.7. The normalized spacial score (nSPS) is 15.4. The highest BCUT2D eigenvalue weighted by Crippen LogP contribution is 2.31. The van der Waals surface area contributed by atoms with E-state index < -0.39 is 23.7 Å². The molecule has 3 aromatic rings. The van der Waals surface area contributed by atoms with Crippen molar-refractivity contribution in [2.45, 2.75) is 38.8 Å². The van der Waals surface area contributed by atoms with Gasteiger partial charge in [-0.3, -0.25) is 4.79 Å². The molecule has 1 N–H and O–H groups in total. The Balaban J connectivity index is 1.58. The lowest BCUT2D eigenvalue weighted by atomic mass is 10.0. The third-order valence-electron chi connectivity index (χ3n) is 5.81. The van der Waals surface area contributed by atoms with Crippen LogP contribution in [-0.4, -0.2) is 60.2 Å². The highest BCUT2D eigenvalue weighted by Gasteiger charge is 2.33. The third-order valence-corrected chi connectivity index (χ3v) is 5.81. The first kappa shape index (κ1) is 25.7. The predicted molar refractivity (Wildman–Crippen MR) is 138 cm³/mol. The number of carbonyl (C=O) groups is 3. The number of esters is 1. The van der Waals surface area contributed by atoms with E-state index in [1.165, 1.54) is 19.5 Å². The second-order valence-corrected chi connectivity index (χ2v) is 9.58. The number of nitrogens with one attached hydrogen (secondary N) is 1. The van der Waals surface area contributed by atoms with Crippen LogP contribution in [0.4, 0.5) is 16.2 Å². The number of ether oxygens (including phenoxy) is 3. The molecule has 0 aliphatic carbocycles. The number of hydrogen-bond acceptors (Lipinski definition) is 8. The molecule has 0 radical (unpaired) electrons. The van der Waals surface area contributed by atoms with Crippen molar-refractivity contribution < 1.29 is 28.6 Å². The van der Waals surface area contributed by atoms with Gasteiger partial charge in [-0.2, -0.15) is 9.78 Å². The van der Waals surface area contributed by atoms with Crippen LogP contribution in [0.5, 0.6) is 5.75 Å². The Labute approximate surface area is 215 Å². The first-order chi connectivity index (χ1) is 17.6. The summed E-state index contributed by atoms with van der Waals surface area (Å²) in [6.45, 7) is 5.77. The zero-order valence-electron chi connectivity index (χ0n) is 21.5. The van der Waals surface area contributed by atoms with Crippen LogP contribution < -0.4 is 15.0 Å². The number of amides is 1. The summed E-state index contributed by atoms with van der Waals surface area (Å²) in [5, 5.41) is 7.35. The maximum absolute atomic E-state index is 13.2. The Bertz CT molecular complexity index is 1330. The molecular formula is C27H30N4O6. The lowest BCUT2D eigenvalue weighted by Crippen LogP contribution is -2.33. The van der Waals surface area contributed by atoms with Crippen LogP contribution in [0.1, 0.15) is 37.6 Å². The number of nitrogens with zero attached hydrogens (tertiary/aromatic N) is 3.